The van der Waals surface area contributed by atoms with E-state index in [1.807, 2.05) is 24.3 Å². The van der Waals surface area contributed by atoms with Crippen molar-refractivity contribution in [2.75, 3.05) is 5.75 Å². The number of nitrogens with zero attached hydrogens (tertiary/aromatic N) is 2. The number of fused-ring (bicyclic) bond motifs is 1. The molecular weight excluding hydrogens is 280 g/mol. The third-order valence-electron chi connectivity index (χ3n) is 2.51. The standard InChI is InChI=1S/C14H13ClN2OS/c1-10(18)19-7-3-2-4-11-5-6-13-12(8-11)14(15)17-9-16-13/h2,4-6,8-9H,3,7H2,1H3. The van der Waals surface area contributed by atoms with Gasteiger partial charge in [-0.1, -0.05) is 41.6 Å². The van der Waals surface area contributed by atoms with Crippen molar-refractivity contribution >= 4 is 45.5 Å². The first kappa shape index (κ1) is 14.0. The summed E-state index contributed by atoms with van der Waals surface area (Å²) in [5.41, 5.74) is 1.89. The molecule has 0 bridgehead atoms. The molecule has 1 heterocycles. The smallest absolute Gasteiger partial charge is 0.185 e. The van der Waals surface area contributed by atoms with Crippen LogP contribution in [0.2, 0.25) is 5.15 Å². The second-order valence-corrected chi connectivity index (χ2v) is 5.60. The van der Waals surface area contributed by atoms with Crippen LogP contribution in [-0.2, 0) is 4.79 Å². The number of thioether (sulfide) groups is 1. The van der Waals surface area contributed by atoms with Gasteiger partial charge in [0.05, 0.1) is 5.52 Å². The summed E-state index contributed by atoms with van der Waals surface area (Å²) in [5, 5.41) is 1.47. The molecule has 19 heavy (non-hydrogen) atoms. The van der Waals surface area contributed by atoms with Gasteiger partial charge in [-0.2, -0.15) is 0 Å². The Morgan fingerprint density at radius 3 is 3.05 bits per heavy atom. The molecule has 5 heteroatoms. The number of halogens is 1. The van der Waals surface area contributed by atoms with Gasteiger partial charge in [0.2, 0.25) is 0 Å². The molecule has 0 atom stereocenters. The summed E-state index contributed by atoms with van der Waals surface area (Å²) >= 11 is 7.37. The average molecular weight is 293 g/mol. The van der Waals surface area contributed by atoms with Gasteiger partial charge >= 0.3 is 0 Å². The molecular formula is C14H13ClN2OS. The van der Waals surface area contributed by atoms with Gasteiger partial charge in [0.15, 0.2) is 5.12 Å². The van der Waals surface area contributed by atoms with Crippen LogP contribution in [0, 0.1) is 0 Å². The van der Waals surface area contributed by atoms with E-state index in [2.05, 4.69) is 16.0 Å². The Morgan fingerprint density at radius 2 is 2.26 bits per heavy atom. The Bertz CT molecular complexity index is 628. The largest absolute Gasteiger partial charge is 0.288 e. The molecule has 0 unspecified atom stereocenters. The van der Waals surface area contributed by atoms with Crippen LogP contribution in [0.3, 0.4) is 0 Å². The van der Waals surface area contributed by atoms with E-state index in [0.717, 1.165) is 28.6 Å². The van der Waals surface area contributed by atoms with Gasteiger partial charge < -0.3 is 0 Å². The normalized spacial score (nSPS) is 11.3. The molecule has 0 spiro atoms. The van der Waals surface area contributed by atoms with E-state index in [9.17, 15) is 4.79 Å². The Morgan fingerprint density at radius 1 is 1.42 bits per heavy atom. The fraction of sp³-hybridized carbons (Fsp3) is 0.214. The maximum atomic E-state index is 10.8. The summed E-state index contributed by atoms with van der Waals surface area (Å²) in [6.45, 7) is 1.58. The highest BCUT2D eigenvalue weighted by Gasteiger charge is 2.00. The van der Waals surface area contributed by atoms with E-state index in [0.29, 0.717) is 5.15 Å². The van der Waals surface area contributed by atoms with Crippen molar-refractivity contribution in [3.63, 3.8) is 0 Å². The number of rotatable bonds is 4. The quantitative estimate of drug-likeness (QED) is 0.632. The maximum Gasteiger partial charge on any atom is 0.185 e. The molecule has 2 aromatic rings. The van der Waals surface area contributed by atoms with Crippen LogP contribution in [-0.4, -0.2) is 20.8 Å². The molecule has 0 amide bonds. The molecule has 1 aromatic carbocycles. The minimum atomic E-state index is 0.156. The zero-order valence-corrected chi connectivity index (χ0v) is 12.0. The maximum absolute atomic E-state index is 10.8. The van der Waals surface area contributed by atoms with Gasteiger partial charge in [-0.25, -0.2) is 9.97 Å². The Labute approximate surface area is 121 Å². The number of carbonyl (C=O) groups is 1. The van der Waals surface area contributed by atoms with Crippen molar-refractivity contribution in [1.82, 2.24) is 9.97 Å². The first-order valence-electron chi connectivity index (χ1n) is 5.87. The lowest BCUT2D eigenvalue weighted by molar-refractivity contribution is -0.109. The highest BCUT2D eigenvalue weighted by atomic mass is 35.5. The van der Waals surface area contributed by atoms with Crippen molar-refractivity contribution in [2.45, 2.75) is 13.3 Å². The molecule has 0 aliphatic heterocycles. The van der Waals surface area contributed by atoms with E-state index in [1.165, 1.54) is 18.1 Å². The van der Waals surface area contributed by atoms with Crippen molar-refractivity contribution in [1.29, 1.82) is 0 Å². The lowest BCUT2D eigenvalue weighted by Gasteiger charge is -2.00. The first-order chi connectivity index (χ1) is 9.16. The van der Waals surface area contributed by atoms with Crippen molar-refractivity contribution in [3.8, 4) is 0 Å². The highest BCUT2D eigenvalue weighted by molar-refractivity contribution is 8.13. The number of hydrogen-bond donors (Lipinski definition) is 0. The van der Waals surface area contributed by atoms with E-state index in [1.54, 1.807) is 6.92 Å². The molecule has 2 rings (SSSR count). The van der Waals surface area contributed by atoms with Gasteiger partial charge in [0.25, 0.3) is 0 Å². The predicted molar refractivity (Wildman–Crippen MR) is 81.3 cm³/mol. The minimum absolute atomic E-state index is 0.156. The van der Waals surface area contributed by atoms with Crippen LogP contribution in [0.15, 0.2) is 30.6 Å². The molecule has 0 aliphatic carbocycles. The van der Waals surface area contributed by atoms with Crippen LogP contribution in [0.25, 0.3) is 17.0 Å². The molecule has 0 saturated carbocycles. The Hall–Kier alpha value is -1.39. The van der Waals surface area contributed by atoms with Crippen molar-refractivity contribution in [2.24, 2.45) is 0 Å². The third-order valence-corrected chi connectivity index (χ3v) is 3.66. The summed E-state index contributed by atoms with van der Waals surface area (Å²) in [6, 6.07) is 5.87. The lowest BCUT2D eigenvalue weighted by Crippen LogP contribution is -1.85. The molecule has 0 N–H and O–H groups in total. The molecule has 0 fully saturated rings. The number of aromatic nitrogens is 2. The SMILES string of the molecule is CC(=O)SCCC=Cc1ccc2ncnc(Cl)c2c1. The van der Waals surface area contributed by atoms with E-state index < -0.39 is 0 Å². The summed E-state index contributed by atoms with van der Waals surface area (Å²) < 4.78 is 0. The fourth-order valence-electron chi connectivity index (χ4n) is 1.64. The fourth-order valence-corrected chi connectivity index (χ4v) is 2.37. The Balaban J connectivity index is 2.07. The van der Waals surface area contributed by atoms with E-state index >= 15 is 0 Å². The summed E-state index contributed by atoms with van der Waals surface area (Å²) in [4.78, 5) is 18.9. The number of allylic oxidation sites excluding steroid dienone is 1. The van der Waals surface area contributed by atoms with Gasteiger partial charge in [-0.3, -0.25) is 4.79 Å². The van der Waals surface area contributed by atoms with Crippen LogP contribution >= 0.6 is 23.4 Å². The van der Waals surface area contributed by atoms with Crippen molar-refractivity contribution in [3.05, 3.63) is 41.3 Å². The highest BCUT2D eigenvalue weighted by Crippen LogP contribution is 2.21. The second-order valence-electron chi connectivity index (χ2n) is 3.97. The zero-order valence-electron chi connectivity index (χ0n) is 10.5. The first-order valence-corrected chi connectivity index (χ1v) is 7.23. The summed E-state index contributed by atoms with van der Waals surface area (Å²) in [5.74, 6) is 0.809. The molecule has 0 aliphatic rings. The number of carbonyl (C=O) groups excluding carboxylic acids is 1. The van der Waals surface area contributed by atoms with Crippen molar-refractivity contribution < 1.29 is 4.79 Å². The molecule has 3 nitrogen and oxygen atoms in total. The van der Waals surface area contributed by atoms with Crippen LogP contribution < -0.4 is 0 Å². The monoisotopic (exact) mass is 292 g/mol. The average Bonchev–Trinajstić information content (AvgIpc) is 2.39. The molecule has 1 aromatic heterocycles. The topological polar surface area (TPSA) is 42.9 Å². The van der Waals surface area contributed by atoms with Gasteiger partial charge in [0, 0.05) is 18.1 Å². The summed E-state index contributed by atoms with van der Waals surface area (Å²) in [7, 11) is 0. The third kappa shape index (κ3) is 4.04. The number of hydrogen-bond acceptors (Lipinski definition) is 4. The number of benzene rings is 1. The molecule has 0 radical (unpaired) electrons. The van der Waals surface area contributed by atoms with Gasteiger partial charge in [-0.05, 0) is 24.1 Å². The van der Waals surface area contributed by atoms with Crippen LogP contribution in [0.5, 0.6) is 0 Å². The van der Waals surface area contributed by atoms with Gasteiger partial charge in [0.1, 0.15) is 11.5 Å². The predicted octanol–water partition coefficient (Wildman–Crippen LogP) is 3.97. The molecule has 98 valence electrons. The van der Waals surface area contributed by atoms with Gasteiger partial charge in [-0.15, -0.1) is 0 Å². The minimum Gasteiger partial charge on any atom is -0.288 e. The lowest BCUT2D eigenvalue weighted by atomic mass is 10.1. The van der Waals surface area contributed by atoms with Crippen LogP contribution in [0.4, 0.5) is 0 Å². The Kier molecular flexibility index (Phi) is 4.93. The molecule has 0 saturated heterocycles. The zero-order chi connectivity index (χ0) is 13.7. The second kappa shape index (κ2) is 6.68. The van der Waals surface area contributed by atoms with Crippen LogP contribution in [0.1, 0.15) is 18.9 Å². The van der Waals surface area contributed by atoms with E-state index in [-0.39, 0.29) is 5.12 Å². The summed E-state index contributed by atoms with van der Waals surface area (Å²) in [6.07, 6.45) is 6.39. The van der Waals surface area contributed by atoms with E-state index in [4.69, 9.17) is 11.6 Å².